The minimum absolute atomic E-state index is 0.336. The lowest BCUT2D eigenvalue weighted by atomic mass is 9.98. The van der Waals surface area contributed by atoms with Gasteiger partial charge in [0.2, 0.25) is 5.89 Å². The Morgan fingerprint density at radius 2 is 1.63 bits per heavy atom. The SMILES string of the molecule is Cc1c(-c2ncco2)sc2c1c(=O)n(CC(=O)OC(C)(C)C)c(=O)n2C(c1ccccc1)c1ccccc1. The average Bonchev–Trinajstić information content (AvgIpc) is 3.52. The number of thiophene rings is 1. The van der Waals surface area contributed by atoms with Crippen LogP contribution in [0.1, 0.15) is 43.5 Å². The van der Waals surface area contributed by atoms with Crippen LogP contribution >= 0.6 is 11.3 Å². The molecule has 3 heterocycles. The third-order valence-corrected chi connectivity index (χ3v) is 7.34. The van der Waals surface area contributed by atoms with Crippen molar-refractivity contribution in [2.24, 2.45) is 0 Å². The zero-order valence-electron chi connectivity index (χ0n) is 21.5. The number of oxazole rings is 1. The maximum absolute atomic E-state index is 14.2. The highest BCUT2D eigenvalue weighted by atomic mass is 32.1. The maximum atomic E-state index is 14.2. The summed E-state index contributed by atoms with van der Waals surface area (Å²) in [6.45, 7) is 6.50. The van der Waals surface area contributed by atoms with Crippen LogP contribution in [0.25, 0.3) is 21.0 Å². The van der Waals surface area contributed by atoms with Gasteiger partial charge in [0.1, 0.15) is 23.2 Å². The Bertz CT molecular complexity index is 1670. The minimum atomic E-state index is -0.767. The number of aromatic nitrogens is 3. The highest BCUT2D eigenvalue weighted by Crippen LogP contribution is 2.38. The van der Waals surface area contributed by atoms with Crippen molar-refractivity contribution in [1.82, 2.24) is 14.1 Å². The second-order valence-electron chi connectivity index (χ2n) is 9.93. The van der Waals surface area contributed by atoms with Crippen molar-refractivity contribution in [3.05, 3.63) is 111 Å². The first-order valence-corrected chi connectivity index (χ1v) is 13.0. The molecule has 0 N–H and O–H groups in total. The highest BCUT2D eigenvalue weighted by Gasteiger charge is 2.29. The van der Waals surface area contributed by atoms with Crippen LogP contribution in [0.4, 0.5) is 0 Å². The number of fused-ring (bicyclic) bond motifs is 1. The number of hydrogen-bond donors (Lipinski definition) is 0. The molecule has 0 aliphatic heterocycles. The number of hydrogen-bond acceptors (Lipinski definition) is 7. The van der Waals surface area contributed by atoms with Gasteiger partial charge in [-0.1, -0.05) is 60.7 Å². The lowest BCUT2D eigenvalue weighted by Crippen LogP contribution is -2.44. The van der Waals surface area contributed by atoms with Gasteiger partial charge in [0, 0.05) is 0 Å². The summed E-state index contributed by atoms with van der Waals surface area (Å²) in [6, 6.07) is 18.6. The molecular weight excluding hydrogens is 502 g/mol. The average molecular weight is 530 g/mol. The predicted octanol–water partition coefficient (Wildman–Crippen LogP) is 5.17. The van der Waals surface area contributed by atoms with E-state index in [0.29, 0.717) is 26.5 Å². The fraction of sp³-hybridized carbons (Fsp3) is 0.241. The van der Waals surface area contributed by atoms with Crippen LogP contribution in [0.15, 0.2) is 87.1 Å². The number of esters is 1. The van der Waals surface area contributed by atoms with E-state index in [1.807, 2.05) is 60.7 Å². The van der Waals surface area contributed by atoms with E-state index in [4.69, 9.17) is 9.15 Å². The van der Waals surface area contributed by atoms with E-state index in [9.17, 15) is 14.4 Å². The van der Waals surface area contributed by atoms with Crippen molar-refractivity contribution in [2.75, 3.05) is 0 Å². The van der Waals surface area contributed by atoms with E-state index in [2.05, 4.69) is 4.98 Å². The van der Waals surface area contributed by atoms with E-state index in [1.54, 1.807) is 32.3 Å². The van der Waals surface area contributed by atoms with Crippen LogP contribution in [0.3, 0.4) is 0 Å². The molecule has 0 saturated carbocycles. The molecule has 0 aliphatic carbocycles. The number of aryl methyl sites for hydroxylation is 1. The first-order valence-electron chi connectivity index (χ1n) is 12.2. The summed E-state index contributed by atoms with van der Waals surface area (Å²) in [6.07, 6.45) is 2.99. The second-order valence-corrected chi connectivity index (χ2v) is 10.9. The molecule has 0 atom stereocenters. The molecular formula is C29H27N3O5S. The second kappa shape index (κ2) is 9.90. The van der Waals surface area contributed by atoms with Gasteiger partial charge in [0.05, 0.1) is 22.5 Å². The molecule has 9 heteroatoms. The van der Waals surface area contributed by atoms with Crippen molar-refractivity contribution in [3.8, 4) is 10.8 Å². The molecule has 194 valence electrons. The Morgan fingerprint density at radius 1 is 1.03 bits per heavy atom. The van der Waals surface area contributed by atoms with E-state index in [1.165, 1.54) is 23.8 Å². The molecule has 0 fully saturated rings. The Kier molecular flexibility index (Phi) is 6.62. The summed E-state index contributed by atoms with van der Waals surface area (Å²) >= 11 is 1.27. The van der Waals surface area contributed by atoms with Crippen molar-refractivity contribution in [1.29, 1.82) is 0 Å². The monoisotopic (exact) mass is 529 g/mol. The Hall–Kier alpha value is -4.24. The van der Waals surface area contributed by atoms with Gasteiger partial charge in [-0.2, -0.15) is 0 Å². The van der Waals surface area contributed by atoms with Crippen LogP contribution in [-0.4, -0.2) is 25.7 Å². The van der Waals surface area contributed by atoms with Gasteiger partial charge < -0.3 is 9.15 Å². The summed E-state index contributed by atoms with van der Waals surface area (Å²) in [5, 5.41) is 0.336. The number of carbonyl (C=O) groups is 1. The molecule has 0 spiro atoms. The Morgan fingerprint density at radius 3 is 2.16 bits per heavy atom. The Balaban J connectivity index is 1.85. The molecule has 0 saturated heterocycles. The predicted molar refractivity (Wildman–Crippen MR) is 147 cm³/mol. The largest absolute Gasteiger partial charge is 0.459 e. The summed E-state index contributed by atoms with van der Waals surface area (Å²) in [4.78, 5) is 46.2. The van der Waals surface area contributed by atoms with Crippen LogP contribution in [-0.2, 0) is 16.1 Å². The third-order valence-electron chi connectivity index (χ3n) is 6.07. The summed E-state index contributed by atoms with van der Waals surface area (Å²) < 4.78 is 13.6. The third kappa shape index (κ3) is 4.72. The van der Waals surface area contributed by atoms with E-state index < -0.39 is 35.4 Å². The standard InChI is InChI=1S/C29H27N3O5S/c1-18-22-26(34)31(17-21(33)37-29(2,3)4)28(35)32(27(22)38-24(18)25-30-15-16-36-25)23(19-11-7-5-8-12-19)20-13-9-6-10-14-20/h5-16,23H,17H2,1-4H3. The lowest BCUT2D eigenvalue weighted by Gasteiger charge is -2.24. The molecule has 0 aliphatic rings. The number of carbonyl (C=O) groups excluding carboxylic acids is 1. The molecule has 0 bridgehead atoms. The quantitative estimate of drug-likeness (QED) is 0.282. The van der Waals surface area contributed by atoms with Crippen LogP contribution < -0.4 is 11.2 Å². The first-order chi connectivity index (χ1) is 18.2. The smallest absolute Gasteiger partial charge is 0.333 e. The maximum Gasteiger partial charge on any atom is 0.333 e. The highest BCUT2D eigenvalue weighted by molar-refractivity contribution is 7.22. The van der Waals surface area contributed by atoms with Crippen LogP contribution in [0, 0.1) is 6.92 Å². The Labute approximate surface area is 222 Å². The fourth-order valence-corrected chi connectivity index (χ4v) is 5.79. The van der Waals surface area contributed by atoms with Gasteiger partial charge >= 0.3 is 11.7 Å². The summed E-state index contributed by atoms with van der Waals surface area (Å²) in [5.41, 5.74) is 0.409. The van der Waals surface area contributed by atoms with Crippen molar-refractivity contribution >= 4 is 27.5 Å². The van der Waals surface area contributed by atoms with Gasteiger partial charge in [-0.25, -0.2) is 14.3 Å². The molecule has 8 nitrogen and oxygen atoms in total. The van der Waals surface area contributed by atoms with Gasteiger partial charge in [-0.3, -0.25) is 14.2 Å². The normalized spacial score (nSPS) is 11.8. The van der Waals surface area contributed by atoms with Crippen molar-refractivity contribution in [2.45, 2.75) is 45.9 Å². The zero-order chi connectivity index (χ0) is 27.0. The molecule has 2 aromatic carbocycles. The topological polar surface area (TPSA) is 96.3 Å². The van der Waals surface area contributed by atoms with E-state index in [-0.39, 0.29) is 0 Å². The van der Waals surface area contributed by atoms with Gasteiger partial charge in [0.15, 0.2) is 0 Å². The summed E-state index contributed by atoms with van der Waals surface area (Å²) in [7, 11) is 0. The lowest BCUT2D eigenvalue weighted by molar-refractivity contribution is -0.155. The molecule has 0 radical (unpaired) electrons. The van der Waals surface area contributed by atoms with Crippen molar-refractivity contribution in [3.63, 3.8) is 0 Å². The van der Waals surface area contributed by atoms with Crippen LogP contribution in [0.5, 0.6) is 0 Å². The van der Waals surface area contributed by atoms with E-state index in [0.717, 1.165) is 15.7 Å². The van der Waals surface area contributed by atoms with Crippen molar-refractivity contribution < 1.29 is 13.9 Å². The number of rotatable bonds is 6. The number of nitrogens with zero attached hydrogens (tertiary/aromatic N) is 3. The van der Waals surface area contributed by atoms with Gasteiger partial charge in [-0.05, 0) is 44.4 Å². The number of ether oxygens (including phenoxy) is 1. The summed E-state index contributed by atoms with van der Waals surface area (Å²) in [5.74, 6) is -0.309. The number of benzene rings is 2. The first kappa shape index (κ1) is 25.4. The fourth-order valence-electron chi connectivity index (χ4n) is 4.53. The molecule has 3 aromatic heterocycles. The van der Waals surface area contributed by atoms with Crippen LogP contribution in [0.2, 0.25) is 0 Å². The van der Waals surface area contributed by atoms with Gasteiger partial charge in [0.25, 0.3) is 5.56 Å². The molecule has 38 heavy (non-hydrogen) atoms. The van der Waals surface area contributed by atoms with E-state index >= 15 is 0 Å². The minimum Gasteiger partial charge on any atom is -0.459 e. The molecule has 0 amide bonds. The molecule has 0 unspecified atom stereocenters. The molecule has 5 aromatic rings. The van der Waals surface area contributed by atoms with Gasteiger partial charge in [-0.15, -0.1) is 11.3 Å². The zero-order valence-corrected chi connectivity index (χ0v) is 22.3. The molecule has 5 rings (SSSR count).